The molecule has 15 heavy (non-hydrogen) atoms. The first-order chi connectivity index (χ1) is 7.00. The molecule has 1 rings (SSSR count). The topological polar surface area (TPSA) is 46.5 Å². The van der Waals surface area contributed by atoms with Gasteiger partial charge in [-0.15, -0.1) is 0 Å². The molecular formula is C11H13FO3. The van der Waals surface area contributed by atoms with E-state index >= 15 is 0 Å². The molecule has 0 aliphatic rings. The third-order valence-corrected chi connectivity index (χ3v) is 1.74. The maximum Gasteiger partial charge on any atom is 0.343 e. The molecule has 1 aromatic carbocycles. The van der Waals surface area contributed by atoms with Gasteiger partial charge in [-0.25, -0.2) is 9.18 Å². The number of hydrogen-bond donors (Lipinski definition) is 1. The van der Waals surface area contributed by atoms with E-state index < -0.39 is 12.1 Å². The lowest BCUT2D eigenvalue weighted by molar-refractivity contribution is -0.143. The summed E-state index contributed by atoms with van der Waals surface area (Å²) in [5, 5.41) is 8.49. The van der Waals surface area contributed by atoms with Crippen molar-refractivity contribution in [2.45, 2.75) is 26.1 Å². The molecule has 1 aromatic rings. The average molecular weight is 212 g/mol. The number of aliphatic carboxylic acids is 1. The fourth-order valence-corrected chi connectivity index (χ4v) is 1.16. The van der Waals surface area contributed by atoms with Crippen molar-refractivity contribution < 1.29 is 19.0 Å². The van der Waals surface area contributed by atoms with Gasteiger partial charge in [0.2, 0.25) is 6.17 Å². The van der Waals surface area contributed by atoms with Gasteiger partial charge in [0.05, 0.1) is 6.10 Å². The first-order valence-corrected chi connectivity index (χ1v) is 4.64. The Labute approximate surface area is 87.5 Å². The van der Waals surface area contributed by atoms with Crippen LogP contribution in [0.2, 0.25) is 0 Å². The number of ether oxygens (including phenoxy) is 1. The van der Waals surface area contributed by atoms with Gasteiger partial charge in [0.15, 0.2) is 0 Å². The average Bonchev–Trinajstić information content (AvgIpc) is 2.16. The van der Waals surface area contributed by atoms with Crippen LogP contribution in [0.5, 0.6) is 5.75 Å². The Morgan fingerprint density at radius 1 is 1.47 bits per heavy atom. The molecule has 1 unspecified atom stereocenters. The summed E-state index contributed by atoms with van der Waals surface area (Å²) in [7, 11) is 0. The second kappa shape index (κ2) is 4.77. The molecule has 82 valence electrons. The Morgan fingerprint density at radius 3 is 2.67 bits per heavy atom. The molecule has 0 heterocycles. The van der Waals surface area contributed by atoms with Crippen LogP contribution < -0.4 is 4.74 Å². The third kappa shape index (κ3) is 3.23. The van der Waals surface area contributed by atoms with E-state index in [1.165, 1.54) is 12.1 Å². The summed E-state index contributed by atoms with van der Waals surface area (Å²) in [5.41, 5.74) is 0.0978. The van der Waals surface area contributed by atoms with Gasteiger partial charge in [-0.2, -0.15) is 0 Å². The molecule has 1 N–H and O–H groups in total. The zero-order valence-electron chi connectivity index (χ0n) is 8.61. The van der Waals surface area contributed by atoms with Gasteiger partial charge >= 0.3 is 5.97 Å². The minimum absolute atomic E-state index is 0.0249. The molecule has 0 aliphatic carbocycles. The second-order valence-corrected chi connectivity index (χ2v) is 3.44. The fourth-order valence-electron chi connectivity index (χ4n) is 1.16. The Morgan fingerprint density at radius 2 is 2.13 bits per heavy atom. The fraction of sp³-hybridized carbons (Fsp3) is 0.364. The summed E-state index contributed by atoms with van der Waals surface area (Å²) < 4.78 is 18.4. The summed E-state index contributed by atoms with van der Waals surface area (Å²) in [5.74, 6) is -1.01. The van der Waals surface area contributed by atoms with Gasteiger partial charge in [-0.1, -0.05) is 12.1 Å². The van der Waals surface area contributed by atoms with Crippen LogP contribution in [0.15, 0.2) is 24.3 Å². The Kier molecular flexibility index (Phi) is 3.66. The van der Waals surface area contributed by atoms with E-state index in [-0.39, 0.29) is 11.7 Å². The number of hydrogen-bond acceptors (Lipinski definition) is 2. The molecule has 3 nitrogen and oxygen atoms in total. The molecule has 1 atom stereocenters. The molecule has 0 aromatic heterocycles. The largest absolute Gasteiger partial charge is 0.491 e. The summed E-state index contributed by atoms with van der Waals surface area (Å²) in [6.07, 6.45) is -2.02. The van der Waals surface area contributed by atoms with Crippen LogP contribution in [0, 0.1) is 0 Å². The van der Waals surface area contributed by atoms with Crippen LogP contribution in [-0.2, 0) is 4.79 Å². The van der Waals surface area contributed by atoms with Crippen LogP contribution >= 0.6 is 0 Å². The van der Waals surface area contributed by atoms with Crippen LogP contribution in [0.4, 0.5) is 4.39 Å². The molecule has 0 amide bonds. The van der Waals surface area contributed by atoms with E-state index in [9.17, 15) is 9.18 Å². The lowest BCUT2D eigenvalue weighted by Crippen LogP contribution is -2.08. The van der Waals surface area contributed by atoms with E-state index in [4.69, 9.17) is 9.84 Å². The highest BCUT2D eigenvalue weighted by molar-refractivity contribution is 5.74. The predicted molar refractivity (Wildman–Crippen MR) is 53.7 cm³/mol. The molecule has 0 radical (unpaired) electrons. The van der Waals surface area contributed by atoms with Gasteiger partial charge < -0.3 is 9.84 Å². The van der Waals surface area contributed by atoms with Gasteiger partial charge in [0, 0.05) is 5.56 Å². The maximum absolute atomic E-state index is 13.1. The number of rotatable bonds is 4. The highest BCUT2D eigenvalue weighted by atomic mass is 19.1. The number of carboxylic acids is 1. The number of halogens is 1. The standard InChI is InChI=1S/C11H13FO3/c1-7(2)15-9-5-3-4-8(6-9)10(12)11(13)14/h3-7,10H,1-2H3,(H,13,14). The van der Waals surface area contributed by atoms with Crippen molar-refractivity contribution in [1.29, 1.82) is 0 Å². The first kappa shape index (κ1) is 11.5. The van der Waals surface area contributed by atoms with Crippen molar-refractivity contribution in [1.82, 2.24) is 0 Å². The molecule has 0 saturated heterocycles. The molecular weight excluding hydrogens is 199 g/mol. The van der Waals surface area contributed by atoms with Crippen molar-refractivity contribution in [2.24, 2.45) is 0 Å². The quantitative estimate of drug-likeness (QED) is 0.834. The highest BCUT2D eigenvalue weighted by Crippen LogP contribution is 2.22. The van der Waals surface area contributed by atoms with Crippen LogP contribution in [0.3, 0.4) is 0 Å². The van der Waals surface area contributed by atoms with E-state index in [2.05, 4.69) is 0 Å². The predicted octanol–water partition coefficient (Wildman–Crippen LogP) is 2.57. The molecule has 0 spiro atoms. The van der Waals surface area contributed by atoms with Crippen molar-refractivity contribution in [2.75, 3.05) is 0 Å². The zero-order valence-corrected chi connectivity index (χ0v) is 8.61. The lowest BCUT2D eigenvalue weighted by Gasteiger charge is -2.11. The van der Waals surface area contributed by atoms with E-state index in [0.717, 1.165) is 0 Å². The minimum Gasteiger partial charge on any atom is -0.491 e. The number of alkyl halides is 1. The smallest absolute Gasteiger partial charge is 0.343 e. The number of carbonyl (C=O) groups is 1. The summed E-state index contributed by atoms with van der Waals surface area (Å²) in [6, 6.07) is 6.06. The molecule has 4 heteroatoms. The molecule has 0 bridgehead atoms. The Balaban J connectivity index is 2.87. The third-order valence-electron chi connectivity index (χ3n) is 1.74. The Hall–Kier alpha value is -1.58. The van der Waals surface area contributed by atoms with Gasteiger partial charge in [-0.3, -0.25) is 0 Å². The van der Waals surface area contributed by atoms with Crippen LogP contribution in [0.25, 0.3) is 0 Å². The van der Waals surface area contributed by atoms with Gasteiger partial charge in [0.25, 0.3) is 0 Å². The van der Waals surface area contributed by atoms with E-state index in [1.807, 2.05) is 13.8 Å². The van der Waals surface area contributed by atoms with Gasteiger partial charge in [-0.05, 0) is 26.0 Å². The Bertz CT molecular complexity index is 349. The highest BCUT2D eigenvalue weighted by Gasteiger charge is 2.18. The van der Waals surface area contributed by atoms with Crippen molar-refractivity contribution in [3.05, 3.63) is 29.8 Å². The van der Waals surface area contributed by atoms with E-state index in [1.54, 1.807) is 12.1 Å². The minimum atomic E-state index is -2.00. The van der Waals surface area contributed by atoms with E-state index in [0.29, 0.717) is 5.75 Å². The molecule has 0 saturated carbocycles. The summed E-state index contributed by atoms with van der Waals surface area (Å²) in [6.45, 7) is 3.69. The van der Waals surface area contributed by atoms with Crippen LogP contribution in [0.1, 0.15) is 25.6 Å². The van der Waals surface area contributed by atoms with Crippen molar-refractivity contribution in [3.8, 4) is 5.75 Å². The lowest BCUT2D eigenvalue weighted by atomic mass is 10.1. The van der Waals surface area contributed by atoms with Crippen molar-refractivity contribution >= 4 is 5.97 Å². The van der Waals surface area contributed by atoms with Crippen molar-refractivity contribution in [3.63, 3.8) is 0 Å². The summed E-state index contributed by atoms with van der Waals surface area (Å²) in [4.78, 5) is 10.4. The number of benzene rings is 1. The van der Waals surface area contributed by atoms with Gasteiger partial charge in [0.1, 0.15) is 5.75 Å². The monoisotopic (exact) mass is 212 g/mol. The first-order valence-electron chi connectivity index (χ1n) is 4.64. The maximum atomic E-state index is 13.1. The van der Waals surface area contributed by atoms with Crippen LogP contribution in [-0.4, -0.2) is 17.2 Å². The molecule has 0 fully saturated rings. The second-order valence-electron chi connectivity index (χ2n) is 3.44. The summed E-state index contributed by atoms with van der Waals surface area (Å²) >= 11 is 0. The SMILES string of the molecule is CC(C)Oc1cccc(C(F)C(=O)O)c1. The number of carboxylic acid groups (broad SMARTS) is 1. The normalized spacial score (nSPS) is 12.5. The zero-order chi connectivity index (χ0) is 11.4. The molecule has 0 aliphatic heterocycles.